The molecule has 2 amide bonds. The molecule has 236 valence electrons. The Bertz CT molecular complexity index is 1590. The second-order valence-corrected chi connectivity index (χ2v) is 14.0. The predicted molar refractivity (Wildman–Crippen MR) is 168 cm³/mol. The van der Waals surface area contributed by atoms with E-state index in [2.05, 4.69) is 21.2 Å². The zero-order valence-corrected chi connectivity index (χ0v) is 27.0. The lowest BCUT2D eigenvalue weighted by Crippen LogP contribution is -2.54. The van der Waals surface area contributed by atoms with Gasteiger partial charge in [0.05, 0.1) is 22.5 Å². The molecule has 1 fully saturated rings. The molecule has 1 atom stereocenters. The topological polar surface area (TPSA) is 86.8 Å². The van der Waals surface area contributed by atoms with Crippen molar-refractivity contribution in [3.63, 3.8) is 0 Å². The number of anilines is 1. The lowest BCUT2D eigenvalue weighted by Gasteiger charge is -2.34. The van der Waals surface area contributed by atoms with Crippen LogP contribution in [0.2, 0.25) is 5.02 Å². The van der Waals surface area contributed by atoms with Crippen LogP contribution < -0.4 is 9.62 Å². The molecule has 1 aliphatic carbocycles. The van der Waals surface area contributed by atoms with Crippen LogP contribution in [0, 0.1) is 0 Å². The van der Waals surface area contributed by atoms with Crippen molar-refractivity contribution in [2.24, 2.45) is 0 Å². The maximum absolute atomic E-state index is 14.2. The first-order chi connectivity index (χ1) is 20.7. The Morgan fingerprint density at radius 2 is 1.66 bits per heavy atom. The van der Waals surface area contributed by atoms with E-state index in [1.54, 1.807) is 24.3 Å². The lowest BCUT2D eigenvalue weighted by atomic mass is 10.0. The SMILES string of the molecule is CS(=O)(=O)N(CC(=O)N(Cc1cccc(Br)c1)[C@@H](Cc1ccccc1)C(=O)NC1CCCC1)c1ccc(Cl)c(C(F)(F)F)c1. The molecular formula is C31H32BrClF3N3O4S. The first-order valence-corrected chi connectivity index (χ1v) is 17.0. The van der Waals surface area contributed by atoms with E-state index in [4.69, 9.17) is 11.6 Å². The average Bonchev–Trinajstić information content (AvgIpc) is 3.46. The van der Waals surface area contributed by atoms with Gasteiger partial charge in [-0.05, 0) is 54.3 Å². The highest BCUT2D eigenvalue weighted by molar-refractivity contribution is 9.10. The summed E-state index contributed by atoms with van der Waals surface area (Å²) < 4.78 is 68.1. The third kappa shape index (κ3) is 8.98. The summed E-state index contributed by atoms with van der Waals surface area (Å²) in [5.41, 5.74) is -0.175. The number of carbonyl (C=O) groups is 2. The molecule has 0 spiro atoms. The van der Waals surface area contributed by atoms with Gasteiger partial charge in [-0.1, -0.05) is 82.8 Å². The molecule has 3 aromatic rings. The number of rotatable bonds is 11. The Labute approximate surface area is 268 Å². The van der Waals surface area contributed by atoms with Crippen LogP contribution in [-0.2, 0) is 38.8 Å². The van der Waals surface area contributed by atoms with Crippen molar-refractivity contribution in [1.82, 2.24) is 10.2 Å². The second-order valence-electron chi connectivity index (χ2n) is 10.8. The van der Waals surface area contributed by atoms with Crippen molar-refractivity contribution in [2.75, 3.05) is 17.1 Å². The summed E-state index contributed by atoms with van der Waals surface area (Å²) in [7, 11) is -4.26. The molecule has 1 aliphatic rings. The molecule has 13 heteroatoms. The minimum absolute atomic E-state index is 0.0500. The van der Waals surface area contributed by atoms with Gasteiger partial charge in [0.2, 0.25) is 21.8 Å². The molecule has 0 radical (unpaired) electrons. The van der Waals surface area contributed by atoms with Crippen LogP contribution in [0.4, 0.5) is 18.9 Å². The Balaban J connectivity index is 1.76. The van der Waals surface area contributed by atoms with E-state index in [1.165, 1.54) is 4.90 Å². The summed E-state index contributed by atoms with van der Waals surface area (Å²) in [6.45, 7) is -0.895. The normalized spacial score (nSPS) is 14.7. The summed E-state index contributed by atoms with van der Waals surface area (Å²) in [5.74, 6) is -1.15. The molecular weight excluding hydrogens is 683 g/mol. The number of nitrogens with zero attached hydrogens (tertiary/aromatic N) is 2. The fraction of sp³-hybridized carbons (Fsp3) is 0.355. The van der Waals surface area contributed by atoms with Crippen LogP contribution in [0.3, 0.4) is 0 Å². The van der Waals surface area contributed by atoms with E-state index in [0.29, 0.717) is 15.9 Å². The maximum atomic E-state index is 14.2. The van der Waals surface area contributed by atoms with E-state index in [9.17, 15) is 31.2 Å². The van der Waals surface area contributed by atoms with Gasteiger partial charge in [-0.25, -0.2) is 8.42 Å². The molecule has 1 N–H and O–H groups in total. The third-order valence-corrected chi connectivity index (χ3v) is 9.40. The minimum Gasteiger partial charge on any atom is -0.352 e. The molecule has 4 rings (SSSR count). The number of amides is 2. The zero-order valence-electron chi connectivity index (χ0n) is 23.9. The molecule has 7 nitrogen and oxygen atoms in total. The fourth-order valence-electron chi connectivity index (χ4n) is 5.25. The molecule has 0 saturated heterocycles. The van der Waals surface area contributed by atoms with Crippen LogP contribution in [0.25, 0.3) is 0 Å². The summed E-state index contributed by atoms with van der Waals surface area (Å²) in [6.07, 6.45) is -0.358. The predicted octanol–water partition coefficient (Wildman–Crippen LogP) is 6.59. The van der Waals surface area contributed by atoms with Gasteiger partial charge in [0.25, 0.3) is 0 Å². The van der Waals surface area contributed by atoms with Crippen molar-refractivity contribution in [1.29, 1.82) is 0 Å². The summed E-state index contributed by atoms with van der Waals surface area (Å²) in [4.78, 5) is 29.3. The molecule has 0 bridgehead atoms. The van der Waals surface area contributed by atoms with Crippen LogP contribution in [0.15, 0.2) is 77.3 Å². The van der Waals surface area contributed by atoms with Gasteiger partial charge >= 0.3 is 6.18 Å². The quantitative estimate of drug-likeness (QED) is 0.243. The largest absolute Gasteiger partial charge is 0.417 e. The van der Waals surface area contributed by atoms with E-state index in [-0.39, 0.29) is 30.6 Å². The van der Waals surface area contributed by atoms with Gasteiger partial charge in [0.15, 0.2) is 0 Å². The van der Waals surface area contributed by atoms with Gasteiger partial charge in [0.1, 0.15) is 12.6 Å². The highest BCUT2D eigenvalue weighted by Crippen LogP contribution is 2.37. The number of benzene rings is 3. The van der Waals surface area contributed by atoms with Crippen molar-refractivity contribution in [3.05, 3.63) is 99.0 Å². The highest BCUT2D eigenvalue weighted by Gasteiger charge is 2.37. The Hall–Kier alpha value is -3.09. The fourth-order valence-corrected chi connectivity index (χ4v) is 6.77. The summed E-state index contributed by atoms with van der Waals surface area (Å²) in [6, 6.07) is 17.8. The Morgan fingerprint density at radius 3 is 2.27 bits per heavy atom. The van der Waals surface area contributed by atoms with Crippen molar-refractivity contribution in [3.8, 4) is 0 Å². The number of hydrogen-bond acceptors (Lipinski definition) is 4. The molecule has 44 heavy (non-hydrogen) atoms. The zero-order chi connectivity index (χ0) is 32.1. The van der Waals surface area contributed by atoms with E-state index >= 15 is 0 Å². The monoisotopic (exact) mass is 713 g/mol. The van der Waals surface area contributed by atoms with E-state index in [1.807, 2.05) is 30.3 Å². The molecule has 0 heterocycles. The molecule has 0 unspecified atom stereocenters. The van der Waals surface area contributed by atoms with Crippen LogP contribution in [-0.4, -0.2) is 50.0 Å². The lowest BCUT2D eigenvalue weighted by molar-refractivity contribution is -0.140. The van der Waals surface area contributed by atoms with Crippen LogP contribution in [0.1, 0.15) is 42.4 Å². The van der Waals surface area contributed by atoms with Crippen molar-refractivity contribution in [2.45, 2.75) is 56.9 Å². The standard InChI is InChI=1S/C31H32BrClF3N3O4S/c1-44(42,43)39(25-14-15-27(33)26(18-25)31(34,35)36)20-29(40)38(19-22-10-7-11-23(32)16-22)28(17-21-8-3-2-4-9-21)30(41)37-24-12-5-6-13-24/h2-4,7-11,14-16,18,24,28H,5-6,12-13,17,19-20H2,1H3,(H,37,41)/t28-/m0/s1. The smallest absolute Gasteiger partial charge is 0.352 e. The number of sulfonamides is 1. The number of hydrogen-bond donors (Lipinski definition) is 1. The van der Waals surface area contributed by atoms with Gasteiger partial charge in [0, 0.05) is 23.5 Å². The molecule has 0 aliphatic heterocycles. The maximum Gasteiger partial charge on any atom is 0.417 e. The third-order valence-electron chi connectivity index (χ3n) is 7.44. The van der Waals surface area contributed by atoms with Gasteiger partial charge in [-0.15, -0.1) is 0 Å². The second kappa shape index (κ2) is 14.3. The van der Waals surface area contributed by atoms with Gasteiger partial charge in [-0.2, -0.15) is 13.2 Å². The molecule has 3 aromatic carbocycles. The first-order valence-electron chi connectivity index (χ1n) is 13.9. The van der Waals surface area contributed by atoms with Gasteiger partial charge in [-0.3, -0.25) is 13.9 Å². The molecule has 0 aromatic heterocycles. The first kappa shape index (κ1) is 33.8. The van der Waals surface area contributed by atoms with Crippen molar-refractivity contribution < 1.29 is 31.2 Å². The number of carbonyl (C=O) groups excluding carboxylic acids is 2. The Morgan fingerprint density at radius 1 is 1.00 bits per heavy atom. The van der Waals surface area contributed by atoms with Crippen LogP contribution >= 0.6 is 27.5 Å². The summed E-state index contributed by atoms with van der Waals surface area (Å²) in [5, 5.41) is 2.46. The van der Waals surface area contributed by atoms with Crippen molar-refractivity contribution >= 4 is 55.1 Å². The summed E-state index contributed by atoms with van der Waals surface area (Å²) >= 11 is 9.19. The van der Waals surface area contributed by atoms with E-state index < -0.39 is 45.3 Å². The van der Waals surface area contributed by atoms with Gasteiger partial charge < -0.3 is 10.2 Å². The van der Waals surface area contributed by atoms with Crippen LogP contribution in [0.5, 0.6) is 0 Å². The molecule has 1 saturated carbocycles. The number of halogens is 5. The van der Waals surface area contributed by atoms with E-state index in [0.717, 1.165) is 54.1 Å². The minimum atomic E-state index is -4.86. The highest BCUT2D eigenvalue weighted by atomic mass is 79.9. The number of alkyl halides is 3. The number of nitrogens with one attached hydrogen (secondary N) is 1. The Kier molecular flexibility index (Phi) is 11.0. The average molecular weight is 715 g/mol.